The lowest BCUT2D eigenvalue weighted by Gasteiger charge is -2.34. The molecule has 5 heteroatoms. The molecule has 0 atom stereocenters. The summed E-state index contributed by atoms with van der Waals surface area (Å²) in [7, 11) is 0. The summed E-state index contributed by atoms with van der Waals surface area (Å²) in [6.07, 6.45) is 1.87. The molecule has 0 saturated carbocycles. The summed E-state index contributed by atoms with van der Waals surface area (Å²) in [5.41, 5.74) is 1.09. The van der Waals surface area contributed by atoms with Crippen LogP contribution in [0.4, 0.5) is 0 Å². The highest BCUT2D eigenvalue weighted by molar-refractivity contribution is 7.12. The quantitative estimate of drug-likeness (QED) is 0.629. The summed E-state index contributed by atoms with van der Waals surface area (Å²) in [5, 5.41) is 0. The van der Waals surface area contributed by atoms with Crippen LogP contribution >= 0.6 is 11.3 Å². The van der Waals surface area contributed by atoms with Gasteiger partial charge in [-0.25, -0.2) is 0 Å². The molecule has 0 spiro atoms. The van der Waals surface area contributed by atoms with Crippen molar-refractivity contribution in [2.75, 3.05) is 0 Å². The number of carbonyl (C=O) groups excluding carboxylic acids is 2. The summed E-state index contributed by atoms with van der Waals surface area (Å²) >= 11 is 1.56. The summed E-state index contributed by atoms with van der Waals surface area (Å²) < 4.78 is 10.8. The number of ether oxygens (including phenoxy) is 2. The molecule has 2 heterocycles. The normalized spacial score (nSPS) is 18.1. The minimum Gasteiger partial charge on any atom is -0.417 e. The van der Waals surface area contributed by atoms with Crippen molar-refractivity contribution >= 4 is 23.3 Å². The number of cyclic esters (lactones) is 2. The van der Waals surface area contributed by atoms with Gasteiger partial charge in [-0.05, 0) is 24.5 Å². The van der Waals surface area contributed by atoms with Crippen LogP contribution in [-0.4, -0.2) is 11.9 Å². The van der Waals surface area contributed by atoms with Gasteiger partial charge in [-0.1, -0.05) is 20.8 Å². The molecule has 0 bridgehead atoms. The Kier molecular flexibility index (Phi) is 3.94. The van der Waals surface area contributed by atoms with Gasteiger partial charge in [0, 0.05) is 11.3 Å². The molecular formula is C14H18O4S. The number of hydrogen-bond donors (Lipinski definition) is 0. The highest BCUT2D eigenvalue weighted by atomic mass is 32.1. The van der Waals surface area contributed by atoms with Gasteiger partial charge in [0.1, 0.15) is 6.42 Å². The smallest absolute Gasteiger partial charge is 0.320 e. The minimum absolute atomic E-state index is 0.296. The minimum atomic E-state index is -1.21. The molecule has 1 saturated heterocycles. The molecule has 1 fully saturated rings. The summed E-state index contributed by atoms with van der Waals surface area (Å²) in [6, 6.07) is 2.10. The zero-order valence-electron chi connectivity index (χ0n) is 11.4. The maximum Gasteiger partial charge on any atom is 0.320 e. The number of thiophene rings is 1. The van der Waals surface area contributed by atoms with Gasteiger partial charge in [0.25, 0.3) is 5.79 Å². The van der Waals surface area contributed by atoms with Crippen molar-refractivity contribution in [3.05, 3.63) is 21.4 Å². The second kappa shape index (κ2) is 5.33. The monoisotopic (exact) mass is 282 g/mol. The number of esters is 2. The first-order valence-electron chi connectivity index (χ1n) is 6.60. The molecule has 1 aliphatic rings. The van der Waals surface area contributed by atoms with Crippen LogP contribution in [0.1, 0.15) is 48.9 Å². The summed E-state index contributed by atoms with van der Waals surface area (Å²) in [5.74, 6) is -2.23. The maximum atomic E-state index is 11.6. The van der Waals surface area contributed by atoms with E-state index in [1.54, 1.807) is 11.3 Å². The van der Waals surface area contributed by atoms with Gasteiger partial charge in [0.2, 0.25) is 0 Å². The second-order valence-electron chi connectivity index (χ2n) is 4.51. The van der Waals surface area contributed by atoms with E-state index in [4.69, 9.17) is 9.47 Å². The van der Waals surface area contributed by atoms with Gasteiger partial charge in [-0.15, -0.1) is 11.3 Å². The third-order valence-electron chi connectivity index (χ3n) is 3.25. The molecule has 19 heavy (non-hydrogen) atoms. The highest BCUT2D eigenvalue weighted by Crippen LogP contribution is 2.41. The van der Waals surface area contributed by atoms with Gasteiger partial charge in [0.05, 0.1) is 4.88 Å². The Bertz CT molecular complexity index is 488. The van der Waals surface area contributed by atoms with Crippen LogP contribution in [-0.2, 0) is 37.7 Å². The molecule has 0 aliphatic carbocycles. The molecule has 2 rings (SSSR count). The van der Waals surface area contributed by atoms with E-state index in [9.17, 15) is 9.59 Å². The predicted octanol–water partition coefficient (Wildman–Crippen LogP) is 2.93. The van der Waals surface area contributed by atoms with Crippen molar-refractivity contribution in [2.24, 2.45) is 0 Å². The average molecular weight is 282 g/mol. The summed E-state index contributed by atoms with van der Waals surface area (Å²) in [6.45, 7) is 5.98. The molecule has 0 amide bonds. The van der Waals surface area contributed by atoms with E-state index >= 15 is 0 Å². The van der Waals surface area contributed by atoms with Crippen molar-refractivity contribution in [2.45, 2.75) is 52.2 Å². The van der Waals surface area contributed by atoms with Gasteiger partial charge >= 0.3 is 11.9 Å². The molecule has 1 aromatic heterocycles. The van der Waals surface area contributed by atoms with E-state index in [1.807, 2.05) is 13.8 Å². The van der Waals surface area contributed by atoms with Gasteiger partial charge in [-0.2, -0.15) is 0 Å². The SMILES string of the molecule is CCc1cc(CC)c(C2(CC)OC(=O)CC(=O)O2)s1. The Balaban J connectivity index is 2.48. The fourth-order valence-electron chi connectivity index (χ4n) is 2.22. The second-order valence-corrected chi connectivity index (χ2v) is 5.64. The van der Waals surface area contributed by atoms with Crippen LogP contribution in [0.2, 0.25) is 0 Å². The number of hydrogen-bond acceptors (Lipinski definition) is 5. The Labute approximate surface area is 116 Å². The molecule has 1 aromatic rings. The van der Waals surface area contributed by atoms with Crippen molar-refractivity contribution in [3.63, 3.8) is 0 Å². The predicted molar refractivity (Wildman–Crippen MR) is 71.8 cm³/mol. The Morgan fingerprint density at radius 3 is 2.26 bits per heavy atom. The van der Waals surface area contributed by atoms with E-state index in [1.165, 1.54) is 4.88 Å². The molecule has 0 N–H and O–H groups in total. The number of rotatable bonds is 4. The molecule has 1 aliphatic heterocycles. The van der Waals surface area contributed by atoms with Crippen LogP contribution < -0.4 is 0 Å². The average Bonchev–Trinajstić information content (AvgIpc) is 2.81. The van der Waals surface area contributed by atoms with Crippen molar-refractivity contribution < 1.29 is 19.1 Å². The fourth-order valence-corrected chi connectivity index (χ4v) is 3.55. The van der Waals surface area contributed by atoms with E-state index in [-0.39, 0.29) is 6.42 Å². The molecule has 0 aromatic carbocycles. The van der Waals surface area contributed by atoms with E-state index < -0.39 is 17.7 Å². The zero-order chi connectivity index (χ0) is 14.0. The third kappa shape index (κ3) is 2.52. The number of aryl methyl sites for hydroxylation is 2. The van der Waals surface area contributed by atoms with Crippen LogP contribution in [0.15, 0.2) is 6.07 Å². The molecule has 0 radical (unpaired) electrons. The Morgan fingerprint density at radius 1 is 1.16 bits per heavy atom. The third-order valence-corrected chi connectivity index (χ3v) is 4.69. The lowest BCUT2D eigenvalue weighted by molar-refractivity contribution is -0.249. The van der Waals surface area contributed by atoms with Crippen LogP contribution in [0, 0.1) is 0 Å². The highest BCUT2D eigenvalue weighted by Gasteiger charge is 2.46. The molecule has 4 nitrogen and oxygen atoms in total. The van der Waals surface area contributed by atoms with E-state index in [0.717, 1.165) is 23.3 Å². The summed E-state index contributed by atoms with van der Waals surface area (Å²) in [4.78, 5) is 25.2. The first-order valence-corrected chi connectivity index (χ1v) is 7.42. The van der Waals surface area contributed by atoms with Crippen molar-refractivity contribution in [3.8, 4) is 0 Å². The Morgan fingerprint density at radius 2 is 1.79 bits per heavy atom. The van der Waals surface area contributed by atoms with Crippen LogP contribution in [0.25, 0.3) is 0 Å². The van der Waals surface area contributed by atoms with Crippen LogP contribution in [0.3, 0.4) is 0 Å². The zero-order valence-corrected chi connectivity index (χ0v) is 12.3. The van der Waals surface area contributed by atoms with Gasteiger partial charge < -0.3 is 9.47 Å². The van der Waals surface area contributed by atoms with E-state index in [0.29, 0.717) is 6.42 Å². The number of carbonyl (C=O) groups is 2. The fraction of sp³-hybridized carbons (Fsp3) is 0.571. The van der Waals surface area contributed by atoms with Crippen LogP contribution in [0.5, 0.6) is 0 Å². The van der Waals surface area contributed by atoms with E-state index in [2.05, 4.69) is 13.0 Å². The first-order chi connectivity index (χ1) is 9.04. The van der Waals surface area contributed by atoms with Crippen molar-refractivity contribution in [1.82, 2.24) is 0 Å². The largest absolute Gasteiger partial charge is 0.417 e. The molecule has 104 valence electrons. The Hall–Kier alpha value is -1.36. The first kappa shape index (κ1) is 14.1. The standard InChI is InChI=1S/C14H18O4S/c1-4-9-7-10(5-2)19-13(9)14(6-3)17-11(15)8-12(16)18-14/h7H,4-6,8H2,1-3H3. The lowest BCUT2D eigenvalue weighted by Crippen LogP contribution is -2.42. The molecular weight excluding hydrogens is 264 g/mol. The lowest BCUT2D eigenvalue weighted by atomic mass is 10.0. The topological polar surface area (TPSA) is 52.6 Å². The van der Waals surface area contributed by atoms with Gasteiger partial charge in [0.15, 0.2) is 0 Å². The van der Waals surface area contributed by atoms with Crippen molar-refractivity contribution in [1.29, 1.82) is 0 Å². The van der Waals surface area contributed by atoms with Gasteiger partial charge in [-0.3, -0.25) is 9.59 Å². The maximum absolute atomic E-state index is 11.6. The molecule has 0 unspecified atom stereocenters.